The maximum Gasteiger partial charge on any atom is 0.328 e. The van der Waals surface area contributed by atoms with Crippen molar-refractivity contribution in [2.45, 2.75) is 38.3 Å². The molecule has 1 aliphatic rings. The van der Waals surface area contributed by atoms with Gasteiger partial charge in [0.2, 0.25) is 0 Å². The fourth-order valence-corrected chi connectivity index (χ4v) is 1.72. The Morgan fingerprint density at radius 3 is 2.53 bits per heavy atom. The smallest absolute Gasteiger partial charge is 0.328 e. The highest BCUT2D eigenvalue weighted by Crippen LogP contribution is 2.39. The molecule has 0 aromatic heterocycles. The lowest BCUT2D eigenvalue weighted by Crippen LogP contribution is -2.54. The second-order valence-electron chi connectivity index (χ2n) is 4.78. The summed E-state index contributed by atoms with van der Waals surface area (Å²) in [4.78, 5) is 11.6. The van der Waals surface area contributed by atoms with Crippen molar-refractivity contribution in [2.75, 3.05) is 26.9 Å². The maximum atomic E-state index is 11.6. The quantitative estimate of drug-likeness (QED) is 0.503. The molecule has 0 spiro atoms. The van der Waals surface area contributed by atoms with E-state index in [4.69, 9.17) is 19.9 Å². The average Bonchev–Trinajstić information content (AvgIpc) is 3.10. The SMILES string of the molecule is COC(=O)C(N)(COCCOC(C)C)C1CC1. The van der Waals surface area contributed by atoms with Crippen LogP contribution in [0.4, 0.5) is 0 Å². The van der Waals surface area contributed by atoms with Crippen molar-refractivity contribution in [1.82, 2.24) is 0 Å². The van der Waals surface area contributed by atoms with Crippen LogP contribution in [0.2, 0.25) is 0 Å². The molecule has 0 saturated heterocycles. The van der Waals surface area contributed by atoms with Gasteiger partial charge in [-0.05, 0) is 32.6 Å². The van der Waals surface area contributed by atoms with Crippen LogP contribution in [0, 0.1) is 5.92 Å². The Morgan fingerprint density at radius 1 is 1.41 bits per heavy atom. The van der Waals surface area contributed by atoms with Gasteiger partial charge in [0.15, 0.2) is 0 Å². The van der Waals surface area contributed by atoms with Gasteiger partial charge in [0, 0.05) is 0 Å². The van der Waals surface area contributed by atoms with E-state index in [9.17, 15) is 4.79 Å². The number of hydrogen-bond donors (Lipinski definition) is 1. The Kier molecular flexibility index (Phi) is 5.36. The predicted octanol–water partition coefficient (Wildman–Crippen LogP) is 0.709. The summed E-state index contributed by atoms with van der Waals surface area (Å²) in [6, 6.07) is 0. The molecule has 1 fully saturated rings. The molecule has 0 aromatic carbocycles. The van der Waals surface area contributed by atoms with Crippen molar-refractivity contribution in [3.05, 3.63) is 0 Å². The van der Waals surface area contributed by atoms with E-state index in [-0.39, 0.29) is 24.6 Å². The normalized spacial score (nSPS) is 19.1. The van der Waals surface area contributed by atoms with E-state index in [1.165, 1.54) is 7.11 Å². The number of rotatable bonds is 8. The molecule has 1 rings (SSSR count). The van der Waals surface area contributed by atoms with Crippen LogP contribution < -0.4 is 5.73 Å². The van der Waals surface area contributed by atoms with Crippen molar-refractivity contribution < 1.29 is 19.0 Å². The van der Waals surface area contributed by atoms with Crippen LogP contribution in [-0.2, 0) is 19.0 Å². The number of hydrogen-bond acceptors (Lipinski definition) is 5. The molecule has 5 nitrogen and oxygen atoms in total. The first-order valence-electron chi connectivity index (χ1n) is 6.07. The zero-order valence-corrected chi connectivity index (χ0v) is 10.9. The molecule has 100 valence electrons. The number of methoxy groups -OCH3 is 1. The molecule has 0 radical (unpaired) electrons. The minimum atomic E-state index is -0.980. The molecule has 1 aliphatic carbocycles. The molecule has 1 saturated carbocycles. The van der Waals surface area contributed by atoms with Gasteiger partial charge in [-0.15, -0.1) is 0 Å². The zero-order valence-electron chi connectivity index (χ0n) is 10.9. The van der Waals surface area contributed by atoms with Gasteiger partial charge >= 0.3 is 5.97 Å². The van der Waals surface area contributed by atoms with Crippen LogP contribution in [0.15, 0.2) is 0 Å². The van der Waals surface area contributed by atoms with Crippen LogP contribution >= 0.6 is 0 Å². The Balaban J connectivity index is 2.28. The number of esters is 1. The molecule has 0 aromatic rings. The van der Waals surface area contributed by atoms with E-state index < -0.39 is 5.54 Å². The predicted molar refractivity (Wildman–Crippen MR) is 63.6 cm³/mol. The minimum Gasteiger partial charge on any atom is -0.468 e. The Hall–Kier alpha value is -0.650. The minimum absolute atomic E-state index is 0.185. The van der Waals surface area contributed by atoms with Crippen molar-refractivity contribution in [1.29, 1.82) is 0 Å². The summed E-state index contributed by atoms with van der Waals surface area (Å²) in [5.41, 5.74) is 5.08. The lowest BCUT2D eigenvalue weighted by Gasteiger charge is -2.26. The van der Waals surface area contributed by atoms with Crippen LogP contribution in [0.3, 0.4) is 0 Å². The Labute approximate surface area is 103 Å². The standard InChI is InChI=1S/C12H23NO4/c1-9(2)17-7-6-16-8-12(13,10-4-5-10)11(14)15-3/h9-10H,4-8,13H2,1-3H3. The summed E-state index contributed by atoms with van der Waals surface area (Å²) in [6.07, 6.45) is 2.12. The van der Waals surface area contributed by atoms with Gasteiger partial charge in [-0.2, -0.15) is 0 Å². The van der Waals surface area contributed by atoms with Gasteiger partial charge in [-0.1, -0.05) is 0 Å². The molecule has 17 heavy (non-hydrogen) atoms. The van der Waals surface area contributed by atoms with Gasteiger partial charge < -0.3 is 19.9 Å². The molecule has 2 N–H and O–H groups in total. The molecule has 0 bridgehead atoms. The van der Waals surface area contributed by atoms with Crippen molar-refractivity contribution in [3.63, 3.8) is 0 Å². The van der Waals surface area contributed by atoms with Crippen LogP contribution in [-0.4, -0.2) is 44.5 Å². The molecular weight excluding hydrogens is 222 g/mol. The van der Waals surface area contributed by atoms with Gasteiger partial charge in [-0.3, -0.25) is 0 Å². The summed E-state index contributed by atoms with van der Waals surface area (Å²) in [6.45, 7) is 5.09. The van der Waals surface area contributed by atoms with E-state index in [1.807, 2.05) is 13.8 Å². The van der Waals surface area contributed by atoms with E-state index in [0.29, 0.717) is 13.2 Å². The third-order valence-corrected chi connectivity index (χ3v) is 2.89. The van der Waals surface area contributed by atoms with Gasteiger partial charge in [0.25, 0.3) is 0 Å². The lowest BCUT2D eigenvalue weighted by atomic mass is 9.96. The largest absolute Gasteiger partial charge is 0.468 e. The zero-order chi connectivity index (χ0) is 12.9. The molecule has 0 heterocycles. The number of carbonyl (C=O) groups excluding carboxylic acids is 1. The highest BCUT2D eigenvalue weighted by molar-refractivity contribution is 5.81. The van der Waals surface area contributed by atoms with Gasteiger partial charge in [0.05, 0.1) is 33.0 Å². The van der Waals surface area contributed by atoms with Crippen LogP contribution in [0.5, 0.6) is 0 Å². The topological polar surface area (TPSA) is 70.8 Å². The first-order chi connectivity index (χ1) is 8.00. The summed E-state index contributed by atoms with van der Waals surface area (Å²) in [7, 11) is 1.36. The third-order valence-electron chi connectivity index (χ3n) is 2.89. The van der Waals surface area contributed by atoms with E-state index in [2.05, 4.69) is 0 Å². The molecule has 1 atom stereocenters. The lowest BCUT2D eigenvalue weighted by molar-refractivity contribution is -0.151. The van der Waals surface area contributed by atoms with Crippen molar-refractivity contribution in [3.8, 4) is 0 Å². The highest BCUT2D eigenvalue weighted by atomic mass is 16.5. The third kappa shape index (κ3) is 4.26. The van der Waals surface area contributed by atoms with Crippen molar-refractivity contribution >= 4 is 5.97 Å². The maximum absolute atomic E-state index is 11.6. The molecule has 5 heteroatoms. The van der Waals surface area contributed by atoms with E-state index >= 15 is 0 Å². The summed E-state index contributed by atoms with van der Waals surface area (Å²) < 4.78 is 15.5. The molecule has 0 aliphatic heterocycles. The highest BCUT2D eigenvalue weighted by Gasteiger charge is 2.49. The van der Waals surface area contributed by atoms with Gasteiger partial charge in [0.1, 0.15) is 5.54 Å². The number of ether oxygens (including phenoxy) is 3. The monoisotopic (exact) mass is 245 g/mol. The van der Waals surface area contributed by atoms with Crippen LogP contribution in [0.1, 0.15) is 26.7 Å². The second kappa shape index (κ2) is 6.33. The fraction of sp³-hybridized carbons (Fsp3) is 0.917. The average molecular weight is 245 g/mol. The number of nitrogens with two attached hydrogens (primary N) is 1. The van der Waals surface area contributed by atoms with E-state index in [0.717, 1.165) is 12.8 Å². The van der Waals surface area contributed by atoms with Crippen molar-refractivity contribution in [2.24, 2.45) is 11.7 Å². The molecular formula is C12H23NO4. The number of carbonyl (C=O) groups is 1. The van der Waals surface area contributed by atoms with Crippen LogP contribution in [0.25, 0.3) is 0 Å². The summed E-state index contributed by atoms with van der Waals surface area (Å²) in [5, 5.41) is 0. The Bertz CT molecular complexity index is 253. The summed E-state index contributed by atoms with van der Waals surface area (Å²) in [5.74, 6) is -0.189. The van der Waals surface area contributed by atoms with E-state index in [1.54, 1.807) is 0 Å². The first-order valence-corrected chi connectivity index (χ1v) is 6.07. The van der Waals surface area contributed by atoms with Gasteiger partial charge in [-0.25, -0.2) is 4.79 Å². The Morgan fingerprint density at radius 2 is 2.06 bits per heavy atom. The summed E-state index contributed by atoms with van der Waals surface area (Å²) >= 11 is 0. The molecule has 1 unspecified atom stereocenters. The fourth-order valence-electron chi connectivity index (χ4n) is 1.72. The molecule has 0 amide bonds. The second-order valence-corrected chi connectivity index (χ2v) is 4.78. The first kappa shape index (κ1) is 14.4.